The van der Waals surface area contributed by atoms with E-state index in [9.17, 15) is 9.59 Å². The zero-order valence-corrected chi connectivity index (χ0v) is 16.9. The predicted octanol–water partition coefficient (Wildman–Crippen LogP) is 5.14. The Kier molecular flexibility index (Phi) is 5.90. The van der Waals surface area contributed by atoms with E-state index < -0.39 is 5.24 Å². The van der Waals surface area contributed by atoms with Gasteiger partial charge in [0, 0.05) is 37.3 Å². The molecule has 2 aliphatic rings. The van der Waals surface area contributed by atoms with Crippen molar-refractivity contribution in [3.05, 3.63) is 47.5 Å². The molecule has 0 aromatic heterocycles. The van der Waals surface area contributed by atoms with E-state index in [-0.39, 0.29) is 0 Å². The number of nitrogens with zero attached hydrogens (tertiary/aromatic N) is 4. The quantitative estimate of drug-likeness (QED) is 0.489. The minimum atomic E-state index is -0.481. The highest BCUT2D eigenvalue weighted by Crippen LogP contribution is 2.37. The highest BCUT2D eigenvalue weighted by molar-refractivity contribution is 6.67. The van der Waals surface area contributed by atoms with Crippen molar-refractivity contribution >= 4 is 45.9 Å². The smallest absolute Gasteiger partial charge is 0.252 e. The van der Waals surface area contributed by atoms with Gasteiger partial charge in [0.25, 0.3) is 5.24 Å². The van der Waals surface area contributed by atoms with Gasteiger partial charge in [0.2, 0.25) is 6.29 Å². The maximum atomic E-state index is 11.6. The third kappa shape index (κ3) is 4.32. The summed E-state index contributed by atoms with van der Waals surface area (Å²) in [6.07, 6.45) is 6.42. The van der Waals surface area contributed by atoms with Gasteiger partial charge in [-0.3, -0.25) is 9.59 Å². The van der Waals surface area contributed by atoms with E-state index in [0.29, 0.717) is 16.8 Å². The van der Waals surface area contributed by atoms with Gasteiger partial charge in [0.15, 0.2) is 0 Å². The van der Waals surface area contributed by atoms with Crippen molar-refractivity contribution < 1.29 is 9.59 Å². The highest BCUT2D eigenvalue weighted by atomic mass is 35.5. The van der Waals surface area contributed by atoms with Gasteiger partial charge in [0.05, 0.1) is 11.4 Å². The number of hydrogen-bond donors (Lipinski definition) is 0. The summed E-state index contributed by atoms with van der Waals surface area (Å²) in [4.78, 5) is 27.2. The Balaban J connectivity index is 1.70. The Morgan fingerprint density at radius 3 is 1.86 bits per heavy atom. The van der Waals surface area contributed by atoms with Crippen molar-refractivity contribution in [2.75, 3.05) is 36.0 Å². The average Bonchev–Trinajstić information content (AvgIpc) is 3.46. The highest BCUT2D eigenvalue weighted by Gasteiger charge is 2.19. The Bertz CT molecular complexity index is 948. The summed E-state index contributed by atoms with van der Waals surface area (Å²) in [7, 11) is 0. The van der Waals surface area contributed by atoms with Gasteiger partial charge >= 0.3 is 0 Å². The van der Waals surface area contributed by atoms with E-state index in [4.69, 9.17) is 11.6 Å². The lowest BCUT2D eigenvalue weighted by molar-refractivity contribution is 0.108. The molecule has 7 heteroatoms. The second kappa shape index (κ2) is 8.74. The normalized spacial score (nSPS) is 16.7. The van der Waals surface area contributed by atoms with Crippen LogP contribution in [0.5, 0.6) is 0 Å². The Morgan fingerprint density at radius 2 is 1.34 bits per heavy atom. The number of benzene rings is 2. The largest absolute Gasteiger partial charge is 0.370 e. The summed E-state index contributed by atoms with van der Waals surface area (Å²) < 4.78 is 0. The molecule has 0 aliphatic carbocycles. The summed E-state index contributed by atoms with van der Waals surface area (Å²) in [5.74, 6) is 0. The van der Waals surface area contributed by atoms with Crippen LogP contribution in [0.25, 0.3) is 0 Å². The van der Waals surface area contributed by atoms with E-state index in [1.165, 1.54) is 0 Å². The molecule has 0 bridgehead atoms. The van der Waals surface area contributed by atoms with E-state index in [2.05, 4.69) is 20.0 Å². The zero-order valence-electron chi connectivity index (χ0n) is 16.1. The van der Waals surface area contributed by atoms with E-state index in [1.54, 1.807) is 24.3 Å². The second-order valence-electron chi connectivity index (χ2n) is 7.37. The molecular formula is C22H22ClN4O2. The molecule has 4 rings (SSSR count). The van der Waals surface area contributed by atoms with Crippen molar-refractivity contribution in [1.29, 1.82) is 0 Å². The van der Waals surface area contributed by atoms with Crippen molar-refractivity contribution in [2.24, 2.45) is 10.2 Å². The van der Waals surface area contributed by atoms with Gasteiger partial charge in [-0.1, -0.05) is 0 Å². The summed E-state index contributed by atoms with van der Waals surface area (Å²) in [6.45, 7) is 3.73. The molecular weight excluding hydrogens is 388 g/mol. The number of azo groups is 1. The predicted molar refractivity (Wildman–Crippen MR) is 115 cm³/mol. The summed E-state index contributed by atoms with van der Waals surface area (Å²) in [6, 6.07) is 10.6. The topological polar surface area (TPSA) is 65.3 Å². The second-order valence-corrected chi connectivity index (χ2v) is 7.71. The molecule has 29 heavy (non-hydrogen) atoms. The maximum absolute atomic E-state index is 11.6. The number of rotatable bonds is 6. The van der Waals surface area contributed by atoms with E-state index in [1.807, 2.05) is 18.4 Å². The van der Waals surface area contributed by atoms with Crippen LogP contribution in [-0.4, -0.2) is 37.7 Å². The lowest BCUT2D eigenvalue weighted by Crippen LogP contribution is -2.18. The number of hydrogen-bond acceptors (Lipinski definition) is 6. The summed E-state index contributed by atoms with van der Waals surface area (Å²) in [5.41, 5.74) is 4.16. The van der Waals surface area contributed by atoms with Crippen LogP contribution < -0.4 is 9.80 Å². The van der Waals surface area contributed by atoms with Crippen LogP contribution in [0.4, 0.5) is 22.7 Å². The fourth-order valence-electron chi connectivity index (χ4n) is 3.93. The number of carbonyl (C=O) groups is 1. The SMILES string of the molecule is O=[C]c1ccc(/N=N/c2ccc(C(=O)Cl)cc2N2CCCC2)c(N2CCCC2)c1. The minimum Gasteiger partial charge on any atom is -0.370 e. The molecule has 1 radical (unpaired) electrons. The molecule has 2 aromatic rings. The molecule has 6 nitrogen and oxygen atoms in total. The fourth-order valence-corrected chi connectivity index (χ4v) is 4.05. The summed E-state index contributed by atoms with van der Waals surface area (Å²) >= 11 is 5.68. The molecule has 2 fully saturated rings. The Hall–Kier alpha value is -2.73. The van der Waals surface area contributed by atoms with Crippen molar-refractivity contribution in [3.63, 3.8) is 0 Å². The van der Waals surface area contributed by atoms with Crippen molar-refractivity contribution in [3.8, 4) is 0 Å². The Labute approximate surface area is 175 Å². The molecule has 2 aliphatic heterocycles. The standard InChI is InChI=1S/C22H22ClN4O2/c23-22(29)17-6-8-19(21(14-17)27-11-3-4-12-27)25-24-18-7-5-16(15-28)13-20(18)26-9-1-2-10-26/h5-8,13-14H,1-4,9-12H2/b25-24+. The van der Waals surface area contributed by atoms with Crippen LogP contribution in [-0.2, 0) is 4.79 Å². The van der Waals surface area contributed by atoms with Crippen molar-refractivity contribution in [2.45, 2.75) is 25.7 Å². The lowest BCUT2D eigenvalue weighted by atomic mass is 10.1. The van der Waals surface area contributed by atoms with Crippen LogP contribution in [0.2, 0.25) is 0 Å². The number of carbonyl (C=O) groups excluding carboxylic acids is 2. The summed E-state index contributed by atoms with van der Waals surface area (Å²) in [5, 5.41) is 8.54. The van der Waals surface area contributed by atoms with Crippen LogP contribution in [0.15, 0.2) is 46.6 Å². The first-order chi connectivity index (χ1) is 14.2. The van der Waals surface area contributed by atoms with Crippen LogP contribution in [0.1, 0.15) is 41.6 Å². The zero-order chi connectivity index (χ0) is 20.2. The average molecular weight is 410 g/mol. The van der Waals surface area contributed by atoms with Gasteiger partial charge in [-0.05, 0) is 73.7 Å². The molecule has 0 spiro atoms. The maximum Gasteiger partial charge on any atom is 0.252 e. The Morgan fingerprint density at radius 1 is 0.828 bits per heavy atom. The van der Waals surface area contributed by atoms with E-state index in [0.717, 1.165) is 68.9 Å². The van der Waals surface area contributed by atoms with Crippen LogP contribution in [0.3, 0.4) is 0 Å². The van der Waals surface area contributed by atoms with Gasteiger partial charge in [-0.25, -0.2) is 0 Å². The first-order valence-electron chi connectivity index (χ1n) is 9.93. The third-order valence-electron chi connectivity index (χ3n) is 5.45. The molecule has 149 valence electrons. The van der Waals surface area contributed by atoms with Gasteiger partial charge in [-0.15, -0.1) is 10.2 Å². The van der Waals surface area contributed by atoms with Crippen LogP contribution >= 0.6 is 11.6 Å². The monoisotopic (exact) mass is 409 g/mol. The molecule has 2 saturated heterocycles. The first-order valence-corrected chi connectivity index (χ1v) is 10.3. The van der Waals surface area contributed by atoms with E-state index >= 15 is 0 Å². The van der Waals surface area contributed by atoms with Gasteiger partial charge in [0.1, 0.15) is 11.4 Å². The number of anilines is 2. The van der Waals surface area contributed by atoms with Gasteiger partial charge < -0.3 is 9.80 Å². The molecule has 0 amide bonds. The third-order valence-corrected chi connectivity index (χ3v) is 5.67. The fraction of sp³-hybridized carbons (Fsp3) is 0.364. The molecule has 2 heterocycles. The van der Waals surface area contributed by atoms with Crippen LogP contribution in [0, 0.1) is 0 Å². The molecule has 0 atom stereocenters. The lowest BCUT2D eigenvalue weighted by Gasteiger charge is -2.21. The first kappa shape index (κ1) is 19.6. The number of halogens is 1. The molecule has 0 saturated carbocycles. The van der Waals surface area contributed by atoms with Crippen molar-refractivity contribution in [1.82, 2.24) is 0 Å². The molecule has 0 N–H and O–H groups in total. The minimum absolute atomic E-state index is 0.455. The van der Waals surface area contributed by atoms with Gasteiger partial charge in [-0.2, -0.15) is 0 Å². The molecule has 0 unspecified atom stereocenters. The molecule has 2 aromatic carbocycles.